The van der Waals surface area contributed by atoms with E-state index < -0.39 is 23.6 Å². The quantitative estimate of drug-likeness (QED) is 0.287. The topological polar surface area (TPSA) is 126 Å². The smallest absolute Gasteiger partial charge is 0.311 e. The maximum absolute atomic E-state index is 15.4. The number of nitrogens with zero attached hydrogens (tertiary/aromatic N) is 3. The molecule has 49 heavy (non-hydrogen) atoms. The van der Waals surface area contributed by atoms with E-state index in [1.54, 1.807) is 34.8 Å². The minimum absolute atomic E-state index is 0.230. The number of halogens is 1. The highest BCUT2D eigenvalue weighted by Crippen LogP contribution is 2.41. The summed E-state index contributed by atoms with van der Waals surface area (Å²) in [6, 6.07) is 2.02. The number of aliphatic hydroxyl groups is 1. The number of amidine groups is 1. The molecule has 0 spiro atoms. The van der Waals surface area contributed by atoms with E-state index in [4.69, 9.17) is 24.3 Å². The Morgan fingerprint density at radius 3 is 2.33 bits per heavy atom. The number of methoxy groups -OCH3 is 1. The van der Waals surface area contributed by atoms with Crippen molar-refractivity contribution in [3.05, 3.63) is 51.1 Å². The highest BCUT2D eigenvalue weighted by Gasteiger charge is 2.30. The van der Waals surface area contributed by atoms with Crippen LogP contribution in [0.1, 0.15) is 108 Å². The SMILES string of the molecule is CC.CC.CC(C)(C)O.COC1CCN(C2=NNC(/C(C)=C/c3c(C)nc(C)c(CC(=O)O)c3-c3cc(F)c4c(c3C)CCCO4)O2)CC1. The molecule has 10 nitrogen and oxygen atoms in total. The summed E-state index contributed by atoms with van der Waals surface area (Å²) in [6.45, 7) is 22.9. The van der Waals surface area contributed by atoms with Crippen molar-refractivity contribution in [1.29, 1.82) is 0 Å². The first-order valence-electron chi connectivity index (χ1n) is 17.5. The third-order valence-corrected chi connectivity index (χ3v) is 8.10. The standard InChI is InChI=1S/C30H37FN4O5.C4H10O.2C2H6/c1-16(29-33-34-30(40-29)35-10-8-20(38-5)9-11-35)13-23-18(3)32-19(4)24(15-26(36)37)27(23)22-14-25(31)28-21(17(22)2)7-6-12-39-28;1-4(2,3)5;2*1-2/h13-14,20,29,33H,6-12,15H2,1-5H3,(H,36,37);5H,1-3H3;2*1-2H3/b16-13+;;;. The molecule has 0 bridgehead atoms. The van der Waals surface area contributed by atoms with Crippen molar-refractivity contribution in [1.82, 2.24) is 15.3 Å². The number of likely N-dealkylation sites (tertiary alicyclic amines) is 1. The van der Waals surface area contributed by atoms with Crippen molar-refractivity contribution in [3.63, 3.8) is 0 Å². The third-order valence-electron chi connectivity index (χ3n) is 8.10. The monoisotopic (exact) mass is 686 g/mol. The highest BCUT2D eigenvalue weighted by atomic mass is 19.1. The fraction of sp³-hybridized carbons (Fsp3) is 0.605. The van der Waals surface area contributed by atoms with E-state index in [2.05, 4.69) is 15.4 Å². The molecule has 0 amide bonds. The second-order valence-electron chi connectivity index (χ2n) is 12.9. The van der Waals surface area contributed by atoms with Crippen LogP contribution in [-0.4, -0.2) is 76.8 Å². The van der Waals surface area contributed by atoms with Gasteiger partial charge >= 0.3 is 12.0 Å². The van der Waals surface area contributed by atoms with Crippen LogP contribution in [0.4, 0.5) is 4.39 Å². The Hall–Kier alpha value is -3.70. The summed E-state index contributed by atoms with van der Waals surface area (Å²) in [7, 11) is 1.74. The van der Waals surface area contributed by atoms with Gasteiger partial charge in [0.15, 0.2) is 11.6 Å². The van der Waals surface area contributed by atoms with Gasteiger partial charge in [0.2, 0.25) is 6.23 Å². The van der Waals surface area contributed by atoms with Gasteiger partial charge in [0, 0.05) is 42.7 Å². The molecule has 1 fully saturated rings. The number of piperidine rings is 1. The maximum atomic E-state index is 15.4. The molecule has 5 rings (SSSR count). The number of benzene rings is 1. The van der Waals surface area contributed by atoms with Gasteiger partial charge in [0.05, 0.1) is 24.7 Å². The number of aliphatic carboxylic acids is 1. The first-order valence-corrected chi connectivity index (χ1v) is 17.5. The third kappa shape index (κ3) is 11.2. The Morgan fingerprint density at radius 1 is 1.14 bits per heavy atom. The number of pyridine rings is 1. The number of hydrogen-bond donors (Lipinski definition) is 3. The highest BCUT2D eigenvalue weighted by molar-refractivity contribution is 5.86. The average molecular weight is 687 g/mol. The number of hydrogen-bond acceptors (Lipinski definition) is 9. The summed E-state index contributed by atoms with van der Waals surface area (Å²) >= 11 is 0. The Morgan fingerprint density at radius 2 is 1.76 bits per heavy atom. The number of ether oxygens (including phenoxy) is 3. The van der Waals surface area contributed by atoms with E-state index in [0.717, 1.165) is 60.3 Å². The van der Waals surface area contributed by atoms with Crippen LogP contribution in [0.5, 0.6) is 5.75 Å². The van der Waals surface area contributed by atoms with E-state index in [-0.39, 0.29) is 12.5 Å². The summed E-state index contributed by atoms with van der Waals surface area (Å²) in [6.07, 6.45) is 4.79. The Bertz CT molecular complexity index is 1470. The molecule has 1 aromatic carbocycles. The lowest BCUT2D eigenvalue weighted by Gasteiger charge is -2.31. The fourth-order valence-corrected chi connectivity index (χ4v) is 5.87. The van der Waals surface area contributed by atoms with Crippen molar-refractivity contribution < 1.29 is 33.6 Å². The maximum Gasteiger partial charge on any atom is 0.311 e. The van der Waals surface area contributed by atoms with Gasteiger partial charge in [0.1, 0.15) is 0 Å². The number of rotatable bonds is 6. The van der Waals surface area contributed by atoms with Crippen LogP contribution in [-0.2, 0) is 27.1 Å². The molecule has 0 radical (unpaired) electrons. The number of hydrazone groups is 1. The lowest BCUT2D eigenvalue weighted by Crippen LogP contribution is -2.41. The molecule has 1 saturated heterocycles. The van der Waals surface area contributed by atoms with Gasteiger partial charge in [-0.15, -0.1) is 5.10 Å². The molecule has 1 unspecified atom stereocenters. The molecule has 3 aliphatic heterocycles. The van der Waals surface area contributed by atoms with Crippen LogP contribution in [0.25, 0.3) is 17.2 Å². The minimum atomic E-state index is -0.975. The summed E-state index contributed by atoms with van der Waals surface area (Å²) in [5, 5.41) is 22.7. The largest absolute Gasteiger partial charge is 0.490 e. The molecule has 274 valence electrons. The predicted molar refractivity (Wildman–Crippen MR) is 194 cm³/mol. The summed E-state index contributed by atoms with van der Waals surface area (Å²) < 4.78 is 32.7. The number of nitrogens with one attached hydrogen (secondary N) is 1. The molecule has 0 aliphatic carbocycles. The van der Waals surface area contributed by atoms with Crippen LogP contribution in [0.3, 0.4) is 0 Å². The lowest BCUT2D eigenvalue weighted by molar-refractivity contribution is -0.136. The Labute approximate surface area is 292 Å². The van der Waals surface area contributed by atoms with Gasteiger partial charge in [0.25, 0.3) is 0 Å². The first kappa shape index (κ1) is 41.5. The van der Waals surface area contributed by atoms with Gasteiger partial charge in [-0.2, -0.15) is 0 Å². The van der Waals surface area contributed by atoms with Crippen molar-refractivity contribution in [2.45, 2.75) is 126 Å². The molecule has 2 aromatic rings. The van der Waals surface area contributed by atoms with E-state index in [1.165, 1.54) is 6.07 Å². The number of fused-ring (bicyclic) bond motifs is 1. The molecule has 1 atom stereocenters. The lowest BCUT2D eigenvalue weighted by atomic mass is 9.85. The Kier molecular flexibility index (Phi) is 16.0. The molecule has 3 aliphatic rings. The van der Waals surface area contributed by atoms with Crippen LogP contribution in [0.15, 0.2) is 16.7 Å². The van der Waals surface area contributed by atoms with Crippen LogP contribution < -0.4 is 10.2 Å². The normalized spacial score (nSPS) is 17.3. The molecule has 3 N–H and O–H groups in total. The van der Waals surface area contributed by atoms with Crippen molar-refractivity contribution >= 4 is 18.1 Å². The van der Waals surface area contributed by atoms with Gasteiger partial charge in [-0.25, -0.2) is 4.39 Å². The second-order valence-corrected chi connectivity index (χ2v) is 12.9. The average Bonchev–Trinajstić information content (AvgIpc) is 3.57. The zero-order valence-electron chi connectivity index (χ0n) is 31.7. The number of aryl methyl sites for hydroxylation is 2. The summed E-state index contributed by atoms with van der Waals surface area (Å²) in [4.78, 5) is 18.8. The molecule has 11 heteroatoms. The van der Waals surface area contributed by atoms with Crippen molar-refractivity contribution in [2.75, 3.05) is 26.8 Å². The first-order chi connectivity index (χ1) is 23.2. The molecule has 4 heterocycles. The molecule has 1 aromatic heterocycles. The van der Waals surface area contributed by atoms with Crippen molar-refractivity contribution in [3.8, 4) is 16.9 Å². The van der Waals surface area contributed by atoms with E-state index in [0.29, 0.717) is 47.2 Å². The van der Waals surface area contributed by atoms with Gasteiger partial charge in [-0.1, -0.05) is 27.7 Å². The van der Waals surface area contributed by atoms with Gasteiger partial charge < -0.3 is 29.3 Å². The zero-order chi connectivity index (χ0) is 37.1. The molecular formula is C38H59FN4O6. The molecule has 0 saturated carbocycles. The number of aromatic nitrogens is 1. The predicted octanol–water partition coefficient (Wildman–Crippen LogP) is 7.33. The van der Waals surface area contributed by atoms with Crippen LogP contribution in [0, 0.1) is 26.6 Å². The summed E-state index contributed by atoms with van der Waals surface area (Å²) in [5.41, 5.74) is 9.10. The van der Waals surface area contributed by atoms with Crippen molar-refractivity contribution in [2.24, 2.45) is 5.10 Å². The fourth-order valence-electron chi connectivity index (χ4n) is 5.87. The van der Waals surface area contributed by atoms with Gasteiger partial charge in [-0.3, -0.25) is 15.2 Å². The summed E-state index contributed by atoms with van der Waals surface area (Å²) in [5.74, 6) is -1.12. The van der Waals surface area contributed by atoms with Gasteiger partial charge in [-0.05, 0) is 114 Å². The van der Waals surface area contributed by atoms with Crippen LogP contribution in [0.2, 0.25) is 0 Å². The van der Waals surface area contributed by atoms with E-state index in [9.17, 15) is 9.90 Å². The Balaban J connectivity index is 0.000000837. The molecular weight excluding hydrogens is 627 g/mol. The zero-order valence-corrected chi connectivity index (χ0v) is 31.7. The number of carboxylic acid groups (broad SMARTS) is 1. The number of carbonyl (C=O) groups is 1. The van der Waals surface area contributed by atoms with E-state index >= 15 is 4.39 Å². The number of carboxylic acids is 1. The van der Waals surface area contributed by atoms with Crippen LogP contribution >= 0.6 is 0 Å². The second kappa shape index (κ2) is 18.9. The van der Waals surface area contributed by atoms with E-state index in [1.807, 2.05) is 54.5 Å². The minimum Gasteiger partial charge on any atom is -0.490 e.